The van der Waals surface area contributed by atoms with Gasteiger partial charge in [-0.25, -0.2) is 16.8 Å². The molecule has 6 nitrogen and oxygen atoms in total. The quantitative estimate of drug-likeness (QED) is 0.817. The Kier molecular flexibility index (Phi) is 2.96. The summed E-state index contributed by atoms with van der Waals surface area (Å²) in [6, 6.07) is 4.39. The third-order valence-electron chi connectivity index (χ3n) is 2.02. The van der Waals surface area contributed by atoms with Crippen LogP contribution in [-0.4, -0.2) is 22.8 Å². The number of anilines is 1. The normalized spacial score (nSPS) is 17.7. The van der Waals surface area contributed by atoms with Crippen LogP contribution in [0.3, 0.4) is 0 Å². The SMILES string of the molecule is O=S(=O)(Cl)Cc1ccc2c(c1)NS(=O)(=O)CO2. The first-order valence-corrected chi connectivity index (χ1v) is 8.57. The van der Waals surface area contributed by atoms with Crippen molar-refractivity contribution in [2.75, 3.05) is 10.7 Å². The van der Waals surface area contributed by atoms with Gasteiger partial charge in [0.1, 0.15) is 5.75 Å². The lowest BCUT2D eigenvalue weighted by Gasteiger charge is -2.19. The first kappa shape index (κ1) is 12.5. The number of nitrogens with one attached hydrogen (secondary N) is 1. The van der Waals surface area contributed by atoms with E-state index in [1.165, 1.54) is 18.2 Å². The van der Waals surface area contributed by atoms with Crippen molar-refractivity contribution in [2.24, 2.45) is 0 Å². The molecule has 2 rings (SSSR count). The summed E-state index contributed by atoms with van der Waals surface area (Å²) in [4.78, 5) is 0. The van der Waals surface area contributed by atoms with E-state index in [9.17, 15) is 16.8 Å². The van der Waals surface area contributed by atoms with Crippen molar-refractivity contribution in [3.8, 4) is 5.75 Å². The van der Waals surface area contributed by atoms with Crippen LogP contribution in [0.2, 0.25) is 0 Å². The second-order valence-corrected chi connectivity index (χ2v) is 7.94. The lowest BCUT2D eigenvalue weighted by molar-refractivity contribution is 0.374. The zero-order valence-corrected chi connectivity index (χ0v) is 10.8. The minimum absolute atomic E-state index is 0.217. The highest BCUT2D eigenvalue weighted by atomic mass is 35.7. The number of sulfonamides is 1. The summed E-state index contributed by atoms with van der Waals surface area (Å²) in [5, 5.41) is 0. The van der Waals surface area contributed by atoms with Gasteiger partial charge in [-0.3, -0.25) is 4.72 Å². The third kappa shape index (κ3) is 3.24. The monoisotopic (exact) mass is 297 g/mol. The van der Waals surface area contributed by atoms with Gasteiger partial charge in [-0.1, -0.05) is 6.07 Å². The fraction of sp³-hybridized carbons (Fsp3) is 0.250. The minimum Gasteiger partial charge on any atom is -0.474 e. The average molecular weight is 298 g/mol. The Morgan fingerprint density at radius 1 is 1.41 bits per heavy atom. The molecule has 0 saturated carbocycles. The number of rotatable bonds is 2. The Morgan fingerprint density at radius 2 is 2.12 bits per heavy atom. The molecule has 1 N–H and O–H groups in total. The highest BCUT2D eigenvalue weighted by Crippen LogP contribution is 2.31. The molecule has 1 aromatic carbocycles. The number of hydrogen-bond acceptors (Lipinski definition) is 5. The topological polar surface area (TPSA) is 89.5 Å². The molecule has 1 aliphatic rings. The summed E-state index contributed by atoms with van der Waals surface area (Å²) in [5.74, 6) is -0.466. The lowest BCUT2D eigenvalue weighted by atomic mass is 10.2. The van der Waals surface area contributed by atoms with Crippen molar-refractivity contribution in [2.45, 2.75) is 5.75 Å². The predicted molar refractivity (Wildman–Crippen MR) is 63.0 cm³/mol. The summed E-state index contributed by atoms with van der Waals surface area (Å²) < 4.78 is 51.5. The molecule has 9 heteroatoms. The van der Waals surface area contributed by atoms with E-state index in [1.807, 2.05) is 0 Å². The van der Waals surface area contributed by atoms with Gasteiger partial charge >= 0.3 is 0 Å². The third-order valence-corrected chi connectivity index (χ3v) is 3.98. The van der Waals surface area contributed by atoms with E-state index in [0.717, 1.165) is 0 Å². The second kappa shape index (κ2) is 4.04. The first-order valence-electron chi connectivity index (χ1n) is 4.44. The molecule has 0 aromatic heterocycles. The molecular weight excluding hydrogens is 290 g/mol. The molecule has 1 aromatic rings. The van der Waals surface area contributed by atoms with Crippen LogP contribution in [0.25, 0.3) is 0 Å². The zero-order valence-electron chi connectivity index (χ0n) is 8.38. The van der Waals surface area contributed by atoms with Crippen LogP contribution in [0.1, 0.15) is 5.56 Å². The second-order valence-electron chi connectivity index (χ2n) is 3.49. The Bertz CT molecular complexity index is 652. The molecule has 0 spiro atoms. The Balaban J connectivity index is 2.37. The molecule has 0 unspecified atom stereocenters. The summed E-state index contributed by atoms with van der Waals surface area (Å²) in [7, 11) is -2.08. The minimum atomic E-state index is -3.68. The Morgan fingerprint density at radius 3 is 2.76 bits per heavy atom. The number of ether oxygens (including phenoxy) is 1. The van der Waals surface area contributed by atoms with Crippen LogP contribution < -0.4 is 9.46 Å². The van der Waals surface area contributed by atoms with Crippen LogP contribution >= 0.6 is 10.7 Å². The fourth-order valence-electron chi connectivity index (χ4n) is 1.41. The van der Waals surface area contributed by atoms with Gasteiger partial charge in [-0.2, -0.15) is 0 Å². The van der Waals surface area contributed by atoms with E-state index in [-0.39, 0.29) is 11.4 Å². The van der Waals surface area contributed by atoms with Gasteiger partial charge in [0.25, 0.3) is 10.0 Å². The van der Waals surface area contributed by atoms with Gasteiger partial charge in [-0.15, -0.1) is 0 Å². The number of halogens is 1. The number of hydrogen-bond donors (Lipinski definition) is 1. The molecular formula is C8H8ClNO5S2. The van der Waals surface area contributed by atoms with E-state index in [0.29, 0.717) is 11.3 Å². The molecule has 0 aliphatic carbocycles. The van der Waals surface area contributed by atoms with E-state index >= 15 is 0 Å². The summed E-state index contributed by atoms with van der Waals surface area (Å²) >= 11 is 0. The van der Waals surface area contributed by atoms with Crippen molar-refractivity contribution in [1.82, 2.24) is 0 Å². The standard InChI is InChI=1S/C8H8ClNO5S2/c9-16(11,12)4-6-1-2-8-7(3-6)10-17(13,14)5-15-8/h1-3,10H,4-5H2. The molecule has 0 saturated heterocycles. The maximum absolute atomic E-state index is 11.2. The molecule has 1 heterocycles. The Labute approximate surface area is 103 Å². The zero-order chi connectivity index (χ0) is 12.7. The first-order chi connectivity index (χ1) is 7.75. The van der Waals surface area contributed by atoms with Crippen LogP contribution in [0.5, 0.6) is 5.75 Å². The smallest absolute Gasteiger partial charge is 0.268 e. The van der Waals surface area contributed by atoms with Gasteiger partial charge in [0.15, 0.2) is 0 Å². The van der Waals surface area contributed by atoms with Crippen molar-refractivity contribution >= 4 is 35.4 Å². The highest BCUT2D eigenvalue weighted by Gasteiger charge is 2.21. The van der Waals surface area contributed by atoms with E-state index in [1.54, 1.807) is 0 Å². The summed E-state index contributed by atoms with van der Waals surface area (Å²) in [6.45, 7) is 0. The molecule has 0 amide bonds. The molecule has 94 valence electrons. The molecule has 17 heavy (non-hydrogen) atoms. The molecule has 0 radical (unpaired) electrons. The largest absolute Gasteiger partial charge is 0.474 e. The van der Waals surface area contributed by atoms with E-state index in [4.69, 9.17) is 15.4 Å². The molecule has 0 fully saturated rings. The van der Waals surface area contributed by atoms with Crippen molar-refractivity contribution in [3.63, 3.8) is 0 Å². The molecule has 1 aliphatic heterocycles. The van der Waals surface area contributed by atoms with Gasteiger partial charge in [0.2, 0.25) is 15.0 Å². The van der Waals surface area contributed by atoms with Crippen LogP contribution in [-0.2, 0) is 24.8 Å². The lowest BCUT2D eigenvalue weighted by Crippen LogP contribution is -2.25. The number of benzene rings is 1. The van der Waals surface area contributed by atoms with Crippen LogP contribution in [0.15, 0.2) is 18.2 Å². The summed E-state index contributed by atoms with van der Waals surface area (Å²) in [6.07, 6.45) is 0. The van der Waals surface area contributed by atoms with Crippen molar-refractivity contribution < 1.29 is 21.6 Å². The van der Waals surface area contributed by atoms with Gasteiger partial charge < -0.3 is 4.74 Å². The van der Waals surface area contributed by atoms with Crippen molar-refractivity contribution in [3.05, 3.63) is 23.8 Å². The van der Waals surface area contributed by atoms with Gasteiger partial charge in [0, 0.05) is 10.7 Å². The molecule has 0 bridgehead atoms. The molecule has 0 atom stereocenters. The maximum Gasteiger partial charge on any atom is 0.268 e. The van der Waals surface area contributed by atoms with Crippen molar-refractivity contribution in [1.29, 1.82) is 0 Å². The maximum atomic E-state index is 11.2. The Hall–Kier alpha value is -0.990. The van der Waals surface area contributed by atoms with Crippen LogP contribution in [0.4, 0.5) is 5.69 Å². The fourth-order valence-corrected chi connectivity index (χ4v) is 3.20. The van der Waals surface area contributed by atoms with E-state index in [2.05, 4.69) is 4.72 Å². The van der Waals surface area contributed by atoms with Gasteiger partial charge in [-0.05, 0) is 17.7 Å². The predicted octanol–water partition coefficient (Wildman–Crippen LogP) is 0.847. The van der Waals surface area contributed by atoms with Crippen LogP contribution in [0, 0.1) is 0 Å². The highest BCUT2D eigenvalue weighted by molar-refractivity contribution is 8.13. The average Bonchev–Trinajstić information content (AvgIpc) is 2.12. The van der Waals surface area contributed by atoms with Gasteiger partial charge in [0.05, 0.1) is 11.4 Å². The summed E-state index contributed by atoms with van der Waals surface area (Å²) in [5.41, 5.74) is 0.598. The van der Waals surface area contributed by atoms with E-state index < -0.39 is 25.0 Å². The number of fused-ring (bicyclic) bond motifs is 1.